The Morgan fingerprint density at radius 2 is 1.93 bits per heavy atom. The van der Waals surface area contributed by atoms with Crippen molar-refractivity contribution in [3.05, 3.63) is 0 Å². The number of nitrogens with one attached hydrogen (secondary N) is 1. The SMILES string of the molecule is CC(C)CCOCCC1CCNCC1. The van der Waals surface area contributed by atoms with Gasteiger partial charge in [0.2, 0.25) is 0 Å². The number of hydrogen-bond acceptors (Lipinski definition) is 2. The molecular weight excluding hydrogens is 174 g/mol. The minimum atomic E-state index is 0.772. The molecule has 0 aliphatic carbocycles. The predicted octanol–water partition coefficient (Wildman–Crippen LogP) is 2.44. The first-order valence-corrected chi connectivity index (χ1v) is 6.07. The topological polar surface area (TPSA) is 21.3 Å². The van der Waals surface area contributed by atoms with E-state index in [9.17, 15) is 0 Å². The number of hydrogen-bond donors (Lipinski definition) is 1. The van der Waals surface area contributed by atoms with Crippen LogP contribution < -0.4 is 5.32 Å². The van der Waals surface area contributed by atoms with E-state index in [0.717, 1.165) is 25.0 Å². The molecule has 0 aromatic heterocycles. The van der Waals surface area contributed by atoms with Gasteiger partial charge in [0.05, 0.1) is 0 Å². The van der Waals surface area contributed by atoms with E-state index >= 15 is 0 Å². The average Bonchev–Trinajstić information content (AvgIpc) is 2.18. The van der Waals surface area contributed by atoms with Gasteiger partial charge in [-0.15, -0.1) is 0 Å². The van der Waals surface area contributed by atoms with Crippen molar-refractivity contribution in [3.63, 3.8) is 0 Å². The van der Waals surface area contributed by atoms with Gasteiger partial charge in [-0.05, 0) is 50.6 Å². The van der Waals surface area contributed by atoms with E-state index in [-0.39, 0.29) is 0 Å². The van der Waals surface area contributed by atoms with Gasteiger partial charge in [-0.1, -0.05) is 13.8 Å². The van der Waals surface area contributed by atoms with Crippen LogP contribution in [0.2, 0.25) is 0 Å². The molecule has 14 heavy (non-hydrogen) atoms. The Kier molecular flexibility index (Phi) is 6.20. The third-order valence-electron chi connectivity index (χ3n) is 2.97. The number of ether oxygens (including phenoxy) is 1. The third-order valence-corrected chi connectivity index (χ3v) is 2.97. The summed E-state index contributed by atoms with van der Waals surface area (Å²) in [6.45, 7) is 8.82. The zero-order valence-corrected chi connectivity index (χ0v) is 9.72. The molecule has 2 heteroatoms. The summed E-state index contributed by atoms with van der Waals surface area (Å²) < 4.78 is 5.63. The van der Waals surface area contributed by atoms with E-state index in [2.05, 4.69) is 19.2 Å². The lowest BCUT2D eigenvalue weighted by Gasteiger charge is -2.22. The fourth-order valence-electron chi connectivity index (χ4n) is 1.84. The minimum Gasteiger partial charge on any atom is -0.381 e. The Hall–Kier alpha value is -0.0800. The zero-order chi connectivity index (χ0) is 10.2. The first kappa shape index (κ1) is 12.0. The maximum Gasteiger partial charge on any atom is 0.0468 e. The first-order chi connectivity index (χ1) is 6.79. The summed E-state index contributed by atoms with van der Waals surface area (Å²) in [6.07, 6.45) is 5.15. The smallest absolute Gasteiger partial charge is 0.0468 e. The largest absolute Gasteiger partial charge is 0.381 e. The lowest BCUT2D eigenvalue weighted by atomic mass is 9.95. The molecule has 0 aromatic carbocycles. The van der Waals surface area contributed by atoms with Gasteiger partial charge < -0.3 is 10.1 Å². The van der Waals surface area contributed by atoms with Crippen LogP contribution in [-0.4, -0.2) is 26.3 Å². The van der Waals surface area contributed by atoms with Crippen molar-refractivity contribution in [1.82, 2.24) is 5.32 Å². The minimum absolute atomic E-state index is 0.772. The molecule has 0 radical (unpaired) electrons. The van der Waals surface area contributed by atoms with Crippen molar-refractivity contribution in [2.45, 2.75) is 39.5 Å². The molecule has 0 spiro atoms. The van der Waals surface area contributed by atoms with Crippen LogP contribution in [0.25, 0.3) is 0 Å². The van der Waals surface area contributed by atoms with Crippen LogP contribution in [0.3, 0.4) is 0 Å². The van der Waals surface area contributed by atoms with Crippen LogP contribution in [0.4, 0.5) is 0 Å². The highest BCUT2D eigenvalue weighted by molar-refractivity contribution is 4.67. The maximum absolute atomic E-state index is 5.63. The summed E-state index contributed by atoms with van der Waals surface area (Å²) in [5.41, 5.74) is 0. The highest BCUT2D eigenvalue weighted by atomic mass is 16.5. The van der Waals surface area contributed by atoms with Crippen LogP contribution >= 0.6 is 0 Å². The molecular formula is C12H25NO. The first-order valence-electron chi connectivity index (χ1n) is 6.07. The Labute approximate surface area is 88.4 Å². The van der Waals surface area contributed by atoms with Crippen LogP contribution in [0.15, 0.2) is 0 Å². The summed E-state index contributed by atoms with van der Waals surface area (Å²) in [5, 5.41) is 3.39. The van der Waals surface area contributed by atoms with Crippen LogP contribution in [-0.2, 0) is 4.74 Å². The van der Waals surface area contributed by atoms with E-state index in [0.29, 0.717) is 0 Å². The van der Waals surface area contributed by atoms with Crippen molar-refractivity contribution < 1.29 is 4.74 Å². The normalized spacial score (nSPS) is 19.1. The van der Waals surface area contributed by atoms with Crippen molar-refractivity contribution in [3.8, 4) is 0 Å². The van der Waals surface area contributed by atoms with Crippen molar-refractivity contribution in [2.24, 2.45) is 11.8 Å². The molecule has 1 saturated heterocycles. The molecule has 2 nitrogen and oxygen atoms in total. The van der Waals surface area contributed by atoms with Crippen LogP contribution in [0.1, 0.15) is 39.5 Å². The molecule has 1 aliphatic rings. The van der Waals surface area contributed by atoms with Crippen LogP contribution in [0, 0.1) is 11.8 Å². The van der Waals surface area contributed by atoms with Gasteiger partial charge in [-0.2, -0.15) is 0 Å². The van der Waals surface area contributed by atoms with Gasteiger partial charge in [-0.25, -0.2) is 0 Å². The van der Waals surface area contributed by atoms with Gasteiger partial charge in [-0.3, -0.25) is 0 Å². The second-order valence-electron chi connectivity index (χ2n) is 4.78. The monoisotopic (exact) mass is 199 g/mol. The summed E-state index contributed by atoms with van der Waals surface area (Å²) >= 11 is 0. The molecule has 1 aliphatic heterocycles. The molecule has 84 valence electrons. The molecule has 0 unspecified atom stereocenters. The lowest BCUT2D eigenvalue weighted by molar-refractivity contribution is 0.106. The molecule has 1 N–H and O–H groups in total. The Morgan fingerprint density at radius 1 is 1.21 bits per heavy atom. The van der Waals surface area contributed by atoms with E-state index in [4.69, 9.17) is 4.74 Å². The van der Waals surface area contributed by atoms with Crippen molar-refractivity contribution in [1.29, 1.82) is 0 Å². The standard InChI is InChI=1S/C12H25NO/c1-11(2)5-9-14-10-6-12-3-7-13-8-4-12/h11-13H,3-10H2,1-2H3. The fourth-order valence-corrected chi connectivity index (χ4v) is 1.84. The van der Waals surface area contributed by atoms with Crippen LogP contribution in [0.5, 0.6) is 0 Å². The average molecular weight is 199 g/mol. The summed E-state index contributed by atoms with van der Waals surface area (Å²) in [6, 6.07) is 0. The fraction of sp³-hybridized carbons (Fsp3) is 1.00. The number of piperidine rings is 1. The second-order valence-corrected chi connectivity index (χ2v) is 4.78. The maximum atomic E-state index is 5.63. The molecule has 0 amide bonds. The molecule has 1 heterocycles. The molecule has 0 aromatic rings. The van der Waals surface area contributed by atoms with E-state index in [1.807, 2.05) is 0 Å². The van der Waals surface area contributed by atoms with Gasteiger partial charge in [0.25, 0.3) is 0 Å². The Bertz CT molecular complexity index is 130. The van der Waals surface area contributed by atoms with E-state index in [1.54, 1.807) is 0 Å². The van der Waals surface area contributed by atoms with Crippen molar-refractivity contribution in [2.75, 3.05) is 26.3 Å². The second kappa shape index (κ2) is 7.24. The molecule has 1 fully saturated rings. The molecule has 0 saturated carbocycles. The van der Waals surface area contributed by atoms with E-state index in [1.165, 1.54) is 38.8 Å². The van der Waals surface area contributed by atoms with E-state index < -0.39 is 0 Å². The van der Waals surface area contributed by atoms with Gasteiger partial charge >= 0.3 is 0 Å². The van der Waals surface area contributed by atoms with Gasteiger partial charge in [0.1, 0.15) is 0 Å². The van der Waals surface area contributed by atoms with Gasteiger partial charge in [0.15, 0.2) is 0 Å². The molecule has 1 rings (SSSR count). The lowest BCUT2D eigenvalue weighted by Crippen LogP contribution is -2.28. The summed E-state index contributed by atoms with van der Waals surface area (Å²) in [5.74, 6) is 1.68. The highest BCUT2D eigenvalue weighted by Crippen LogP contribution is 2.15. The third kappa shape index (κ3) is 5.61. The molecule has 0 atom stereocenters. The number of rotatable bonds is 6. The summed E-state index contributed by atoms with van der Waals surface area (Å²) in [7, 11) is 0. The summed E-state index contributed by atoms with van der Waals surface area (Å²) in [4.78, 5) is 0. The highest BCUT2D eigenvalue weighted by Gasteiger charge is 2.12. The molecule has 0 bridgehead atoms. The van der Waals surface area contributed by atoms with Crippen molar-refractivity contribution >= 4 is 0 Å². The Balaban J connectivity index is 1.87. The quantitative estimate of drug-likeness (QED) is 0.663. The zero-order valence-electron chi connectivity index (χ0n) is 9.72. The van der Waals surface area contributed by atoms with Gasteiger partial charge in [0, 0.05) is 13.2 Å². The Morgan fingerprint density at radius 3 is 2.57 bits per heavy atom. The predicted molar refractivity (Wildman–Crippen MR) is 60.5 cm³/mol.